The van der Waals surface area contributed by atoms with Gasteiger partial charge in [0.15, 0.2) is 0 Å². The van der Waals surface area contributed by atoms with E-state index in [1.54, 1.807) is 42.5 Å². The third-order valence-corrected chi connectivity index (χ3v) is 5.03. The van der Waals surface area contributed by atoms with E-state index in [0.29, 0.717) is 29.9 Å². The number of benzene rings is 3. The summed E-state index contributed by atoms with van der Waals surface area (Å²) in [6, 6.07) is 22.0. The number of hydrogen-bond acceptors (Lipinski definition) is 5. The summed E-state index contributed by atoms with van der Waals surface area (Å²) in [6.07, 6.45) is 0.511. The number of carbonyl (C=O) groups excluding carboxylic acids is 2. The summed E-state index contributed by atoms with van der Waals surface area (Å²) in [6.45, 7) is 0.400. The van der Waals surface area contributed by atoms with Crippen LogP contribution < -0.4 is 10.2 Å². The number of amides is 2. The van der Waals surface area contributed by atoms with Crippen LogP contribution in [0.4, 0.5) is 21.5 Å². The van der Waals surface area contributed by atoms with Crippen molar-refractivity contribution in [1.82, 2.24) is 5.32 Å². The Labute approximate surface area is 179 Å². The fourth-order valence-electron chi connectivity index (χ4n) is 3.42. The molecule has 156 valence electrons. The number of imide groups is 1. The minimum atomic E-state index is -0.614. The highest BCUT2D eigenvalue weighted by molar-refractivity contribution is 6.22. The van der Waals surface area contributed by atoms with Crippen molar-refractivity contribution in [3.05, 3.63) is 90.2 Å². The van der Waals surface area contributed by atoms with Gasteiger partial charge in [0.1, 0.15) is 5.82 Å². The maximum absolute atomic E-state index is 13.7. The molecule has 4 rings (SSSR count). The summed E-state index contributed by atoms with van der Waals surface area (Å²) in [5, 5.41) is 11.4. The second-order valence-corrected chi connectivity index (χ2v) is 7.17. The van der Waals surface area contributed by atoms with Gasteiger partial charge in [0.05, 0.1) is 29.5 Å². The zero-order chi connectivity index (χ0) is 21.6. The Morgan fingerprint density at radius 2 is 1.52 bits per heavy atom. The maximum Gasteiger partial charge on any atom is 0.251 e. The summed E-state index contributed by atoms with van der Waals surface area (Å²) in [5.74, 6) is -0.853. The molecule has 31 heavy (non-hydrogen) atoms. The Hall–Kier alpha value is -3.71. The average molecular weight is 416 g/mol. The molecule has 1 aliphatic heterocycles. The van der Waals surface area contributed by atoms with Crippen LogP contribution in [0.1, 0.15) is 12.0 Å². The molecule has 0 unspecified atom stereocenters. The number of halogens is 1. The summed E-state index contributed by atoms with van der Waals surface area (Å²) >= 11 is 0. The minimum Gasteiger partial charge on any atom is -0.305 e. The molecular weight excluding hydrogens is 395 g/mol. The number of anilines is 1. The van der Waals surface area contributed by atoms with E-state index in [2.05, 4.69) is 15.5 Å². The van der Waals surface area contributed by atoms with Crippen molar-refractivity contribution in [3.8, 4) is 0 Å². The van der Waals surface area contributed by atoms with Crippen LogP contribution in [0.25, 0.3) is 0 Å². The molecule has 1 atom stereocenters. The molecule has 0 aromatic heterocycles. The molecule has 6 nitrogen and oxygen atoms in total. The van der Waals surface area contributed by atoms with Crippen LogP contribution >= 0.6 is 0 Å². The van der Waals surface area contributed by atoms with Gasteiger partial charge in [0.25, 0.3) is 5.91 Å². The highest BCUT2D eigenvalue weighted by Crippen LogP contribution is 2.26. The Morgan fingerprint density at radius 3 is 2.23 bits per heavy atom. The maximum atomic E-state index is 13.7. The third-order valence-electron chi connectivity index (χ3n) is 5.03. The van der Waals surface area contributed by atoms with Crippen molar-refractivity contribution in [2.24, 2.45) is 10.2 Å². The Morgan fingerprint density at radius 1 is 0.871 bits per heavy atom. The molecular formula is C24H21FN4O2. The van der Waals surface area contributed by atoms with Crippen LogP contribution in [0.2, 0.25) is 0 Å². The van der Waals surface area contributed by atoms with E-state index in [0.717, 1.165) is 5.69 Å². The van der Waals surface area contributed by atoms with Gasteiger partial charge in [-0.25, -0.2) is 9.29 Å². The lowest BCUT2D eigenvalue weighted by molar-refractivity contribution is -0.121. The SMILES string of the molecule is O=C1C[C@@H](NCCc2ccccc2F)C(=O)N1c1ccc(N=Nc2ccccc2)cc1. The molecule has 1 N–H and O–H groups in total. The quantitative estimate of drug-likeness (QED) is 0.448. The van der Waals surface area contributed by atoms with E-state index in [1.807, 2.05) is 30.3 Å². The molecule has 2 amide bonds. The molecule has 0 bridgehead atoms. The smallest absolute Gasteiger partial charge is 0.251 e. The van der Waals surface area contributed by atoms with Gasteiger partial charge in [-0.1, -0.05) is 36.4 Å². The van der Waals surface area contributed by atoms with E-state index in [-0.39, 0.29) is 24.1 Å². The number of hydrogen-bond donors (Lipinski definition) is 1. The summed E-state index contributed by atoms with van der Waals surface area (Å²) < 4.78 is 13.7. The predicted octanol–water partition coefficient (Wildman–Crippen LogP) is 4.71. The number of carbonyl (C=O) groups is 2. The first kappa shape index (κ1) is 20.6. The first-order valence-electron chi connectivity index (χ1n) is 10.0. The molecule has 3 aromatic carbocycles. The minimum absolute atomic E-state index is 0.0750. The van der Waals surface area contributed by atoms with Gasteiger partial charge in [0.2, 0.25) is 5.91 Å². The number of nitrogens with zero attached hydrogens (tertiary/aromatic N) is 3. The summed E-state index contributed by atoms with van der Waals surface area (Å²) in [4.78, 5) is 26.4. The molecule has 3 aromatic rings. The standard InChI is InChI=1S/C24H21FN4O2/c25-21-9-5-4-6-17(21)14-15-26-22-16-23(30)29(24(22)31)20-12-10-19(11-13-20)28-27-18-7-2-1-3-8-18/h1-13,22,26H,14-16H2/t22-/m1/s1. The van der Waals surface area contributed by atoms with Crippen molar-refractivity contribution in [3.63, 3.8) is 0 Å². The molecule has 1 fully saturated rings. The lowest BCUT2D eigenvalue weighted by atomic mass is 10.1. The highest BCUT2D eigenvalue weighted by Gasteiger charge is 2.39. The van der Waals surface area contributed by atoms with Gasteiger partial charge in [-0.2, -0.15) is 10.2 Å². The van der Waals surface area contributed by atoms with Gasteiger partial charge in [-0.15, -0.1) is 0 Å². The van der Waals surface area contributed by atoms with Crippen molar-refractivity contribution in [2.75, 3.05) is 11.4 Å². The monoisotopic (exact) mass is 416 g/mol. The summed E-state index contributed by atoms with van der Waals surface area (Å²) in [7, 11) is 0. The topological polar surface area (TPSA) is 74.1 Å². The Kier molecular flexibility index (Phi) is 6.24. The third kappa shape index (κ3) is 4.90. The Balaban J connectivity index is 1.37. The molecule has 1 aliphatic rings. The van der Waals surface area contributed by atoms with Crippen LogP contribution in [-0.4, -0.2) is 24.4 Å². The van der Waals surface area contributed by atoms with Gasteiger partial charge in [0, 0.05) is 6.54 Å². The number of azo groups is 1. The van der Waals surface area contributed by atoms with Crippen molar-refractivity contribution < 1.29 is 14.0 Å². The molecule has 0 aliphatic carbocycles. The molecule has 0 spiro atoms. The largest absolute Gasteiger partial charge is 0.305 e. The second-order valence-electron chi connectivity index (χ2n) is 7.17. The van der Waals surface area contributed by atoms with Gasteiger partial charge in [-0.3, -0.25) is 9.59 Å². The lowest BCUT2D eigenvalue weighted by Crippen LogP contribution is -2.39. The first-order valence-corrected chi connectivity index (χ1v) is 10.0. The van der Waals surface area contributed by atoms with Crippen molar-refractivity contribution in [2.45, 2.75) is 18.9 Å². The fourth-order valence-corrected chi connectivity index (χ4v) is 3.42. The van der Waals surface area contributed by atoms with E-state index >= 15 is 0 Å². The van der Waals surface area contributed by atoms with E-state index in [4.69, 9.17) is 0 Å². The average Bonchev–Trinajstić information content (AvgIpc) is 3.08. The summed E-state index contributed by atoms with van der Waals surface area (Å²) in [5.41, 5.74) is 2.42. The highest BCUT2D eigenvalue weighted by atomic mass is 19.1. The zero-order valence-electron chi connectivity index (χ0n) is 16.7. The van der Waals surface area contributed by atoms with Crippen LogP contribution in [0.3, 0.4) is 0 Å². The number of rotatable bonds is 7. The van der Waals surface area contributed by atoms with Gasteiger partial charge in [-0.05, 0) is 54.4 Å². The molecule has 0 saturated carbocycles. The normalized spacial score (nSPS) is 16.4. The van der Waals surface area contributed by atoms with Crippen molar-refractivity contribution in [1.29, 1.82) is 0 Å². The molecule has 0 radical (unpaired) electrons. The van der Waals surface area contributed by atoms with Crippen LogP contribution in [0, 0.1) is 5.82 Å². The van der Waals surface area contributed by atoms with Gasteiger partial charge < -0.3 is 5.32 Å². The van der Waals surface area contributed by atoms with Crippen LogP contribution in [-0.2, 0) is 16.0 Å². The number of nitrogens with one attached hydrogen (secondary N) is 1. The van der Waals surface area contributed by atoms with Crippen LogP contribution in [0.15, 0.2) is 89.1 Å². The first-order chi connectivity index (χ1) is 15.1. The van der Waals surface area contributed by atoms with Gasteiger partial charge >= 0.3 is 0 Å². The van der Waals surface area contributed by atoms with Crippen molar-refractivity contribution >= 4 is 28.9 Å². The van der Waals surface area contributed by atoms with Crippen LogP contribution in [0.5, 0.6) is 0 Å². The zero-order valence-corrected chi connectivity index (χ0v) is 16.7. The second kappa shape index (κ2) is 9.40. The molecule has 1 heterocycles. The molecule has 7 heteroatoms. The van der Waals surface area contributed by atoms with E-state index in [9.17, 15) is 14.0 Å². The fraction of sp³-hybridized carbons (Fsp3) is 0.167. The van der Waals surface area contributed by atoms with E-state index in [1.165, 1.54) is 11.0 Å². The predicted molar refractivity (Wildman–Crippen MR) is 116 cm³/mol. The lowest BCUT2D eigenvalue weighted by Gasteiger charge is -2.15. The molecule has 1 saturated heterocycles. The Bertz CT molecular complexity index is 1100. The van der Waals surface area contributed by atoms with E-state index < -0.39 is 6.04 Å².